The summed E-state index contributed by atoms with van der Waals surface area (Å²) in [5.74, 6) is -1.39. The number of hydrogen-bond acceptors (Lipinski definition) is 3. The second-order valence-electron chi connectivity index (χ2n) is 6.24. The number of ether oxygens (including phenoxy) is 1. The number of carboxylic acids is 1. The van der Waals surface area contributed by atoms with Crippen LogP contribution in [-0.4, -0.2) is 40.8 Å². The Morgan fingerprint density at radius 2 is 1.74 bits per heavy atom. The number of carboxylic acid groups (broad SMARTS) is 1. The number of likely N-dealkylation sites (tertiary alicyclic amines) is 1. The van der Waals surface area contributed by atoms with Crippen LogP contribution in [0.1, 0.15) is 48.5 Å². The summed E-state index contributed by atoms with van der Waals surface area (Å²) in [4.78, 5) is 24.4. The van der Waals surface area contributed by atoms with E-state index < -0.39 is 29.0 Å². The number of carbonyl (C=O) groups excluding carboxylic acids is 1. The van der Waals surface area contributed by atoms with Crippen molar-refractivity contribution in [1.82, 2.24) is 4.90 Å². The third kappa shape index (κ3) is 5.09. The number of aliphatic carboxylic acids is 1. The molecule has 1 fully saturated rings. The highest BCUT2D eigenvalue weighted by atomic mass is 16.6. The third-order valence-electron chi connectivity index (χ3n) is 2.89. The number of rotatable bonds is 1. The van der Waals surface area contributed by atoms with Gasteiger partial charge in [-0.25, -0.2) is 4.79 Å². The lowest BCUT2D eigenvalue weighted by Gasteiger charge is -2.25. The van der Waals surface area contributed by atoms with Crippen molar-refractivity contribution in [2.45, 2.75) is 54.1 Å². The maximum Gasteiger partial charge on any atom is 0.410 e. The zero-order chi connectivity index (χ0) is 15.4. The van der Waals surface area contributed by atoms with Gasteiger partial charge in [0.2, 0.25) is 0 Å². The van der Waals surface area contributed by atoms with Gasteiger partial charge in [-0.1, -0.05) is 27.7 Å². The van der Waals surface area contributed by atoms with Gasteiger partial charge < -0.3 is 14.7 Å². The van der Waals surface area contributed by atoms with Gasteiger partial charge in [0, 0.05) is 13.1 Å². The third-order valence-corrected chi connectivity index (χ3v) is 2.89. The Hall–Kier alpha value is -1.26. The minimum atomic E-state index is -0.860. The normalized spacial score (nSPS) is 21.4. The van der Waals surface area contributed by atoms with E-state index in [9.17, 15) is 9.59 Å². The minimum Gasteiger partial charge on any atom is -0.481 e. The lowest BCUT2D eigenvalue weighted by molar-refractivity contribution is -0.143. The van der Waals surface area contributed by atoms with E-state index in [-0.39, 0.29) is 6.54 Å². The molecule has 1 N–H and O–H groups in total. The van der Waals surface area contributed by atoms with E-state index >= 15 is 0 Å². The Morgan fingerprint density at radius 3 is 2.05 bits per heavy atom. The molecule has 0 aromatic carbocycles. The summed E-state index contributed by atoms with van der Waals surface area (Å²) in [6, 6.07) is 0. The lowest BCUT2D eigenvalue weighted by Crippen LogP contribution is -2.36. The van der Waals surface area contributed by atoms with Crippen LogP contribution in [0.15, 0.2) is 0 Å². The van der Waals surface area contributed by atoms with Crippen molar-refractivity contribution in [3.63, 3.8) is 0 Å². The molecule has 19 heavy (non-hydrogen) atoms. The number of carbonyl (C=O) groups is 2. The second-order valence-corrected chi connectivity index (χ2v) is 6.24. The van der Waals surface area contributed by atoms with E-state index in [0.717, 1.165) is 0 Å². The van der Waals surface area contributed by atoms with Crippen LogP contribution in [0.25, 0.3) is 0 Å². The topological polar surface area (TPSA) is 66.8 Å². The average molecular weight is 273 g/mol. The first-order valence-corrected chi connectivity index (χ1v) is 6.74. The zero-order valence-electron chi connectivity index (χ0n) is 13.1. The molecule has 0 aliphatic carbocycles. The van der Waals surface area contributed by atoms with E-state index in [1.807, 2.05) is 27.7 Å². The van der Waals surface area contributed by atoms with Gasteiger partial charge in [-0.05, 0) is 26.2 Å². The second kappa shape index (κ2) is 6.26. The van der Waals surface area contributed by atoms with E-state index in [1.165, 1.54) is 4.90 Å². The Labute approximate surface area is 115 Å². The number of hydrogen-bond donors (Lipinski definition) is 1. The van der Waals surface area contributed by atoms with Crippen LogP contribution in [0.4, 0.5) is 4.79 Å². The Morgan fingerprint density at radius 1 is 1.26 bits per heavy atom. The molecule has 112 valence electrons. The van der Waals surface area contributed by atoms with E-state index in [1.54, 1.807) is 20.8 Å². The standard InChI is InChI=1S/C12H21NO4.C2H6/c1-11(2,3)17-10(16)13-6-8(9(14)15)12(4,5)7-13;1-2/h8H,6-7H2,1-5H3,(H,14,15);1-2H3/t8-;/m1./s1. The molecule has 0 radical (unpaired) electrons. The summed E-state index contributed by atoms with van der Waals surface area (Å²) < 4.78 is 5.24. The Balaban J connectivity index is 0.00000154. The van der Waals surface area contributed by atoms with Crippen LogP contribution in [0.3, 0.4) is 0 Å². The van der Waals surface area contributed by atoms with E-state index in [2.05, 4.69) is 0 Å². The summed E-state index contributed by atoms with van der Waals surface area (Å²) in [6.45, 7) is 13.7. The van der Waals surface area contributed by atoms with Crippen molar-refractivity contribution in [3.8, 4) is 0 Å². The molecule has 1 heterocycles. The summed E-state index contributed by atoms with van der Waals surface area (Å²) in [5.41, 5.74) is -0.967. The number of nitrogens with zero attached hydrogens (tertiary/aromatic N) is 1. The molecule has 1 rings (SSSR count). The van der Waals surface area contributed by atoms with Crippen molar-refractivity contribution in [2.24, 2.45) is 11.3 Å². The lowest BCUT2D eigenvalue weighted by atomic mass is 9.82. The fraction of sp³-hybridized carbons (Fsp3) is 0.857. The van der Waals surface area contributed by atoms with Crippen LogP contribution >= 0.6 is 0 Å². The van der Waals surface area contributed by atoms with Gasteiger partial charge in [0.1, 0.15) is 5.60 Å². The molecule has 5 nitrogen and oxygen atoms in total. The highest BCUT2D eigenvalue weighted by molar-refractivity contribution is 5.75. The van der Waals surface area contributed by atoms with Gasteiger partial charge in [0.05, 0.1) is 5.92 Å². The van der Waals surface area contributed by atoms with Crippen LogP contribution in [0, 0.1) is 11.3 Å². The summed E-state index contributed by atoms with van der Waals surface area (Å²) >= 11 is 0. The molecule has 0 saturated carbocycles. The van der Waals surface area contributed by atoms with Gasteiger partial charge in [-0.2, -0.15) is 0 Å². The van der Waals surface area contributed by atoms with E-state index in [4.69, 9.17) is 9.84 Å². The maximum atomic E-state index is 11.8. The first kappa shape index (κ1) is 17.7. The fourth-order valence-corrected chi connectivity index (χ4v) is 2.01. The largest absolute Gasteiger partial charge is 0.481 e. The predicted molar refractivity (Wildman–Crippen MR) is 74.1 cm³/mol. The fourth-order valence-electron chi connectivity index (χ4n) is 2.01. The monoisotopic (exact) mass is 273 g/mol. The van der Waals surface area contributed by atoms with Gasteiger partial charge in [-0.15, -0.1) is 0 Å². The van der Waals surface area contributed by atoms with Gasteiger partial charge in [0.25, 0.3) is 0 Å². The van der Waals surface area contributed by atoms with E-state index in [0.29, 0.717) is 6.54 Å². The van der Waals surface area contributed by atoms with Crippen molar-refractivity contribution in [3.05, 3.63) is 0 Å². The molecule has 0 aromatic rings. The molecule has 1 aliphatic heterocycles. The highest BCUT2D eigenvalue weighted by Gasteiger charge is 2.46. The van der Waals surface area contributed by atoms with Crippen LogP contribution < -0.4 is 0 Å². The summed E-state index contributed by atoms with van der Waals surface area (Å²) in [7, 11) is 0. The first-order chi connectivity index (χ1) is 8.53. The average Bonchev–Trinajstić information content (AvgIpc) is 2.55. The van der Waals surface area contributed by atoms with Crippen molar-refractivity contribution in [1.29, 1.82) is 0 Å². The van der Waals surface area contributed by atoms with Crippen molar-refractivity contribution >= 4 is 12.1 Å². The molecular weight excluding hydrogens is 246 g/mol. The summed E-state index contributed by atoms with van der Waals surface area (Å²) in [6.07, 6.45) is -0.436. The smallest absolute Gasteiger partial charge is 0.410 e. The molecule has 0 aromatic heterocycles. The zero-order valence-corrected chi connectivity index (χ0v) is 13.1. The first-order valence-electron chi connectivity index (χ1n) is 6.74. The minimum absolute atomic E-state index is 0.219. The molecule has 1 atom stereocenters. The molecule has 0 bridgehead atoms. The highest BCUT2D eigenvalue weighted by Crippen LogP contribution is 2.35. The Bertz CT molecular complexity index is 331. The van der Waals surface area contributed by atoms with Crippen molar-refractivity contribution < 1.29 is 19.4 Å². The molecule has 1 saturated heterocycles. The SMILES string of the molecule is CC.CC(C)(C)OC(=O)N1C[C@H](C(=O)O)C(C)(C)C1. The molecule has 1 amide bonds. The quantitative estimate of drug-likeness (QED) is 0.797. The van der Waals surface area contributed by atoms with Gasteiger partial charge >= 0.3 is 12.1 Å². The van der Waals surface area contributed by atoms with Gasteiger partial charge in [0.15, 0.2) is 0 Å². The predicted octanol–water partition coefficient (Wildman–Crippen LogP) is 2.99. The molecule has 0 spiro atoms. The van der Waals surface area contributed by atoms with Crippen molar-refractivity contribution in [2.75, 3.05) is 13.1 Å². The van der Waals surface area contributed by atoms with Crippen LogP contribution in [-0.2, 0) is 9.53 Å². The van der Waals surface area contributed by atoms with Gasteiger partial charge in [-0.3, -0.25) is 4.79 Å². The van der Waals surface area contributed by atoms with Crippen LogP contribution in [0.5, 0.6) is 0 Å². The Kier molecular flexibility index (Phi) is 5.84. The molecular formula is C14H27NO4. The maximum absolute atomic E-state index is 11.8. The molecule has 0 unspecified atom stereocenters. The number of amides is 1. The van der Waals surface area contributed by atoms with Crippen LogP contribution in [0.2, 0.25) is 0 Å². The molecule has 5 heteroatoms. The summed E-state index contributed by atoms with van der Waals surface area (Å²) in [5, 5.41) is 9.10. The molecule has 1 aliphatic rings.